The van der Waals surface area contributed by atoms with Gasteiger partial charge in [0.05, 0.1) is 25.8 Å². The van der Waals surface area contributed by atoms with E-state index < -0.39 is 5.41 Å². The number of hydrogen-bond donors (Lipinski definition) is 0. The van der Waals surface area contributed by atoms with Gasteiger partial charge in [0, 0.05) is 41.7 Å². The van der Waals surface area contributed by atoms with Crippen LogP contribution in [-0.2, 0) is 21.3 Å². The van der Waals surface area contributed by atoms with Gasteiger partial charge in [-0.05, 0) is 19.4 Å². The van der Waals surface area contributed by atoms with Gasteiger partial charge in [-0.15, -0.1) is 0 Å². The van der Waals surface area contributed by atoms with E-state index in [1.165, 1.54) is 34.8 Å². The van der Waals surface area contributed by atoms with E-state index in [9.17, 15) is 4.79 Å². The maximum Gasteiger partial charge on any atom is 0.316 e. The maximum atomic E-state index is 13.1. The van der Waals surface area contributed by atoms with Crippen molar-refractivity contribution < 1.29 is 14.3 Å². The number of esters is 1. The summed E-state index contributed by atoms with van der Waals surface area (Å²) < 4.78 is 14.2. The Morgan fingerprint density at radius 3 is 2.96 bits per heavy atom. The Balaban J connectivity index is 1.66. The molecular weight excluding hydrogens is 340 g/mol. The Morgan fingerprint density at radius 2 is 2.19 bits per heavy atom. The van der Waals surface area contributed by atoms with E-state index in [4.69, 9.17) is 9.47 Å². The van der Waals surface area contributed by atoms with Crippen LogP contribution in [-0.4, -0.2) is 41.7 Å². The van der Waals surface area contributed by atoms with E-state index >= 15 is 0 Å². The van der Waals surface area contributed by atoms with E-state index in [1.54, 1.807) is 0 Å². The molecule has 2 aromatic rings. The standard InChI is InChI=1S/C22H24N2O3/c1-4-12-10-24-16-9-14(12)22(21(25)26-3)11-27-19(20(22)24)17-13-7-5-6-8-15(13)23(2)18(16)17/h4-8,14,16,19-20H,9-11H2,1-3H3/b12-4-/t14-,16?,19+,20-,22+/m0/s1. The smallest absolute Gasteiger partial charge is 0.316 e. The van der Waals surface area contributed by atoms with Crippen LogP contribution >= 0.6 is 0 Å². The zero-order valence-electron chi connectivity index (χ0n) is 15.9. The van der Waals surface area contributed by atoms with Crippen molar-refractivity contribution in [1.82, 2.24) is 9.47 Å². The number of piperidine rings is 3. The van der Waals surface area contributed by atoms with Gasteiger partial charge in [-0.2, -0.15) is 0 Å². The fourth-order valence-electron chi connectivity index (χ4n) is 6.68. The molecule has 4 fully saturated rings. The first kappa shape index (κ1) is 15.9. The van der Waals surface area contributed by atoms with E-state index in [0.29, 0.717) is 12.6 Å². The molecular formula is C22H24N2O3. The third kappa shape index (κ3) is 1.59. The molecule has 0 radical (unpaired) electrons. The first-order chi connectivity index (χ1) is 13.1. The minimum atomic E-state index is -0.579. The van der Waals surface area contributed by atoms with Gasteiger partial charge in [0.25, 0.3) is 0 Å². The van der Waals surface area contributed by atoms with Gasteiger partial charge >= 0.3 is 5.97 Å². The van der Waals surface area contributed by atoms with Crippen LogP contribution in [0.3, 0.4) is 0 Å². The van der Waals surface area contributed by atoms with Crippen LogP contribution < -0.4 is 0 Å². The highest BCUT2D eigenvalue weighted by atomic mass is 16.5. The molecule has 140 valence electrons. The Bertz CT molecular complexity index is 1020. The summed E-state index contributed by atoms with van der Waals surface area (Å²) in [6.07, 6.45) is 3.09. The molecule has 6 atom stereocenters. The van der Waals surface area contributed by atoms with Crippen LogP contribution in [0.25, 0.3) is 10.9 Å². The number of nitrogens with zero attached hydrogens (tertiary/aromatic N) is 2. The van der Waals surface area contributed by atoms with Gasteiger partial charge in [-0.3, -0.25) is 9.69 Å². The lowest BCUT2D eigenvalue weighted by atomic mass is 9.56. The van der Waals surface area contributed by atoms with E-state index in [-0.39, 0.29) is 24.0 Å². The zero-order chi connectivity index (χ0) is 18.5. The number of para-hydroxylation sites is 1. The van der Waals surface area contributed by atoms with E-state index in [1.807, 2.05) is 0 Å². The number of rotatable bonds is 1. The second-order valence-corrected chi connectivity index (χ2v) is 8.42. The average Bonchev–Trinajstić information content (AvgIpc) is 3.27. The van der Waals surface area contributed by atoms with Crippen molar-refractivity contribution in [3.05, 3.63) is 47.2 Å². The minimum absolute atomic E-state index is 0.0655. The third-order valence-electron chi connectivity index (χ3n) is 7.70. The topological polar surface area (TPSA) is 43.7 Å². The minimum Gasteiger partial charge on any atom is -0.468 e. The number of carbonyl (C=O) groups is 1. The quantitative estimate of drug-likeness (QED) is 0.576. The van der Waals surface area contributed by atoms with Gasteiger partial charge in [0.1, 0.15) is 11.5 Å². The largest absolute Gasteiger partial charge is 0.468 e. The van der Waals surface area contributed by atoms with Crippen molar-refractivity contribution in [2.75, 3.05) is 20.3 Å². The molecule has 7 rings (SSSR count). The number of aryl methyl sites for hydroxylation is 1. The number of hydrogen-bond acceptors (Lipinski definition) is 4. The van der Waals surface area contributed by atoms with E-state index in [0.717, 1.165) is 13.0 Å². The molecule has 4 bridgehead atoms. The van der Waals surface area contributed by atoms with Gasteiger partial charge in [-0.25, -0.2) is 0 Å². The van der Waals surface area contributed by atoms with Crippen molar-refractivity contribution in [1.29, 1.82) is 0 Å². The van der Waals surface area contributed by atoms with Crippen molar-refractivity contribution in [3.63, 3.8) is 0 Å². The van der Waals surface area contributed by atoms with Crippen LogP contribution in [0.15, 0.2) is 35.9 Å². The number of carbonyl (C=O) groups excluding carboxylic acids is 1. The molecule has 0 spiro atoms. The Hall–Kier alpha value is -2.11. The predicted octanol–water partition coefficient (Wildman–Crippen LogP) is 3.11. The molecule has 0 saturated carbocycles. The lowest BCUT2D eigenvalue weighted by Gasteiger charge is -2.60. The SMILES string of the molecule is C/C=C1/CN2C3C[C@@H]1[C@]1(C(=O)OC)CO[C@H](c4c3n(C)c3ccccc43)[C@H]21. The van der Waals surface area contributed by atoms with Crippen molar-refractivity contribution >= 4 is 16.9 Å². The number of benzene rings is 1. The van der Waals surface area contributed by atoms with Crippen LogP contribution in [0, 0.1) is 11.3 Å². The zero-order valence-corrected chi connectivity index (χ0v) is 15.9. The molecule has 5 heteroatoms. The highest BCUT2D eigenvalue weighted by molar-refractivity contribution is 5.88. The second-order valence-electron chi connectivity index (χ2n) is 8.42. The molecule has 4 saturated heterocycles. The van der Waals surface area contributed by atoms with Crippen LogP contribution in [0.2, 0.25) is 0 Å². The lowest BCUT2D eigenvalue weighted by Crippen LogP contribution is -2.67. The van der Waals surface area contributed by atoms with Gasteiger partial charge in [-0.1, -0.05) is 29.8 Å². The first-order valence-electron chi connectivity index (χ1n) is 9.81. The molecule has 27 heavy (non-hydrogen) atoms. The molecule has 1 aromatic heterocycles. The van der Waals surface area contributed by atoms with Crippen LogP contribution in [0.1, 0.15) is 36.7 Å². The monoisotopic (exact) mass is 364 g/mol. The molecule has 5 aliphatic rings. The third-order valence-corrected chi connectivity index (χ3v) is 7.70. The first-order valence-corrected chi connectivity index (χ1v) is 9.81. The van der Waals surface area contributed by atoms with Crippen molar-refractivity contribution in [2.45, 2.75) is 31.5 Å². The molecule has 0 amide bonds. The molecule has 1 aromatic carbocycles. The Labute approximate surface area is 158 Å². The number of methoxy groups -OCH3 is 1. The summed E-state index contributed by atoms with van der Waals surface area (Å²) in [5.41, 5.74) is 4.70. The summed E-state index contributed by atoms with van der Waals surface area (Å²) >= 11 is 0. The summed E-state index contributed by atoms with van der Waals surface area (Å²) in [7, 11) is 3.69. The summed E-state index contributed by atoms with van der Waals surface area (Å²) in [5.74, 6) is 0.0947. The number of fused-ring (bicyclic) bond motifs is 5. The summed E-state index contributed by atoms with van der Waals surface area (Å²) in [5, 5.41) is 1.26. The van der Waals surface area contributed by atoms with Crippen LogP contribution in [0.5, 0.6) is 0 Å². The van der Waals surface area contributed by atoms with Crippen LogP contribution in [0.4, 0.5) is 0 Å². The number of allylic oxidation sites excluding steroid dienone is 1. The fourth-order valence-corrected chi connectivity index (χ4v) is 6.68. The Morgan fingerprint density at radius 1 is 1.37 bits per heavy atom. The fraction of sp³-hybridized carbons (Fsp3) is 0.500. The highest BCUT2D eigenvalue weighted by Gasteiger charge is 2.71. The summed E-state index contributed by atoms with van der Waals surface area (Å²) in [6, 6.07) is 8.98. The molecule has 2 unspecified atom stereocenters. The maximum absolute atomic E-state index is 13.1. The number of ether oxygens (including phenoxy) is 2. The molecule has 0 N–H and O–H groups in total. The molecule has 6 heterocycles. The molecule has 5 nitrogen and oxygen atoms in total. The summed E-state index contributed by atoms with van der Waals surface area (Å²) in [4.78, 5) is 15.7. The van der Waals surface area contributed by atoms with E-state index in [2.05, 4.69) is 53.8 Å². The van der Waals surface area contributed by atoms with Crippen molar-refractivity contribution in [3.8, 4) is 0 Å². The predicted molar refractivity (Wildman–Crippen MR) is 101 cm³/mol. The van der Waals surface area contributed by atoms with Gasteiger partial charge < -0.3 is 14.0 Å². The second kappa shape index (κ2) is 5.03. The highest BCUT2D eigenvalue weighted by Crippen LogP contribution is 2.66. The van der Waals surface area contributed by atoms with Gasteiger partial charge in [0.2, 0.25) is 0 Å². The summed E-state index contributed by atoms with van der Waals surface area (Å²) in [6.45, 7) is 3.46. The van der Waals surface area contributed by atoms with Gasteiger partial charge in [0.15, 0.2) is 0 Å². The lowest BCUT2D eigenvalue weighted by molar-refractivity contribution is -0.171. The normalized spacial score (nSPS) is 39.8. The Kier molecular flexibility index (Phi) is 2.96. The molecule has 5 aliphatic heterocycles. The van der Waals surface area contributed by atoms with Crippen molar-refractivity contribution in [2.24, 2.45) is 18.4 Å². The average molecular weight is 364 g/mol. The molecule has 0 aliphatic carbocycles. The number of aromatic nitrogens is 1.